The molecule has 3 rings (SSSR count). The van der Waals surface area contributed by atoms with E-state index in [1.807, 2.05) is 0 Å². The van der Waals surface area contributed by atoms with Gasteiger partial charge in [-0.15, -0.1) is 0 Å². The molecule has 142 valence electrons. The van der Waals surface area contributed by atoms with Crippen LogP contribution in [0.1, 0.15) is 61.7 Å². The van der Waals surface area contributed by atoms with Crippen molar-refractivity contribution >= 4 is 29.1 Å². The molecule has 1 saturated heterocycles. The minimum absolute atomic E-state index is 0.0159. The molecule has 3 N–H and O–H groups in total. The van der Waals surface area contributed by atoms with E-state index in [1.165, 1.54) is 6.42 Å². The van der Waals surface area contributed by atoms with Crippen LogP contribution < -0.4 is 16.0 Å². The van der Waals surface area contributed by atoms with Gasteiger partial charge in [-0.1, -0.05) is 30.9 Å². The summed E-state index contributed by atoms with van der Waals surface area (Å²) >= 11 is 6.21. The molecule has 26 heavy (non-hydrogen) atoms. The van der Waals surface area contributed by atoms with E-state index in [1.54, 1.807) is 18.2 Å². The number of nitrogens with one attached hydrogen (secondary N) is 3. The van der Waals surface area contributed by atoms with Crippen molar-refractivity contribution in [2.45, 2.75) is 57.4 Å². The quantitative estimate of drug-likeness (QED) is 0.707. The van der Waals surface area contributed by atoms with Crippen molar-refractivity contribution in [2.75, 3.05) is 18.4 Å². The fraction of sp³-hybridized carbons (Fsp3) is 0.600. The first-order valence-corrected chi connectivity index (χ1v) is 10.1. The van der Waals surface area contributed by atoms with Gasteiger partial charge in [0.15, 0.2) is 0 Å². The lowest BCUT2D eigenvalue weighted by atomic mass is 9.95. The average Bonchev–Trinajstić information content (AvgIpc) is 3.16. The van der Waals surface area contributed by atoms with Crippen LogP contribution in [0.4, 0.5) is 5.69 Å². The van der Waals surface area contributed by atoms with Crippen molar-refractivity contribution in [1.29, 1.82) is 0 Å². The second-order valence-corrected chi connectivity index (χ2v) is 7.86. The zero-order chi connectivity index (χ0) is 18.4. The molecule has 2 fully saturated rings. The Labute approximate surface area is 160 Å². The summed E-state index contributed by atoms with van der Waals surface area (Å²) in [5, 5.41) is 9.69. The van der Waals surface area contributed by atoms with Gasteiger partial charge < -0.3 is 16.0 Å². The van der Waals surface area contributed by atoms with Gasteiger partial charge in [0, 0.05) is 18.2 Å². The summed E-state index contributed by atoms with van der Waals surface area (Å²) in [5.74, 6) is 0.413. The van der Waals surface area contributed by atoms with Crippen LogP contribution in [0.15, 0.2) is 18.2 Å². The van der Waals surface area contributed by atoms with E-state index in [4.69, 9.17) is 11.6 Å². The fourth-order valence-corrected chi connectivity index (χ4v) is 4.01. The highest BCUT2D eigenvalue weighted by Gasteiger charge is 2.19. The molecule has 1 aromatic rings. The normalized spacial score (nSPS) is 20.7. The molecular formula is C20H28ClN3O2. The molecule has 1 heterocycles. The Kier molecular flexibility index (Phi) is 6.92. The lowest BCUT2D eigenvalue weighted by Crippen LogP contribution is -2.36. The maximum Gasteiger partial charge on any atom is 0.253 e. The lowest BCUT2D eigenvalue weighted by Gasteiger charge is -2.23. The summed E-state index contributed by atoms with van der Waals surface area (Å²) in [4.78, 5) is 24.7. The number of carbonyl (C=O) groups is 2. The molecule has 1 saturated carbocycles. The van der Waals surface area contributed by atoms with Gasteiger partial charge in [0.25, 0.3) is 5.91 Å². The lowest BCUT2D eigenvalue weighted by molar-refractivity contribution is -0.116. The Bertz CT molecular complexity index is 638. The van der Waals surface area contributed by atoms with Crippen LogP contribution in [0, 0.1) is 5.92 Å². The largest absolute Gasteiger partial charge is 0.349 e. The van der Waals surface area contributed by atoms with E-state index in [-0.39, 0.29) is 17.9 Å². The van der Waals surface area contributed by atoms with E-state index < -0.39 is 0 Å². The fourth-order valence-electron chi connectivity index (χ4n) is 3.81. The van der Waals surface area contributed by atoms with Gasteiger partial charge in [-0.2, -0.15) is 0 Å². The standard InChI is InChI=1S/C20H28ClN3O2/c21-18-8-7-16(23-19(25)9-6-14-10-11-22-13-14)12-17(18)20(26)24-15-4-2-1-3-5-15/h7-8,12,14-15,22H,1-6,9-11,13H2,(H,23,25)(H,24,26). The number of halogens is 1. The Morgan fingerprint density at radius 3 is 2.69 bits per heavy atom. The third-order valence-electron chi connectivity index (χ3n) is 5.38. The Morgan fingerprint density at radius 1 is 1.15 bits per heavy atom. The predicted octanol–water partition coefficient (Wildman–Crippen LogP) is 3.73. The first-order valence-electron chi connectivity index (χ1n) is 9.73. The Hall–Kier alpha value is -1.59. The van der Waals surface area contributed by atoms with Gasteiger partial charge in [0.05, 0.1) is 10.6 Å². The minimum Gasteiger partial charge on any atom is -0.349 e. The van der Waals surface area contributed by atoms with Crippen molar-refractivity contribution in [3.05, 3.63) is 28.8 Å². The molecule has 1 aromatic carbocycles. The molecular weight excluding hydrogens is 350 g/mol. The van der Waals surface area contributed by atoms with E-state index in [0.29, 0.717) is 28.6 Å². The number of hydrogen-bond acceptors (Lipinski definition) is 3. The molecule has 5 nitrogen and oxygen atoms in total. The monoisotopic (exact) mass is 377 g/mol. The van der Waals surface area contributed by atoms with Gasteiger partial charge in [-0.3, -0.25) is 9.59 Å². The van der Waals surface area contributed by atoms with Crippen LogP contribution in [-0.2, 0) is 4.79 Å². The van der Waals surface area contributed by atoms with Gasteiger partial charge in [0.1, 0.15) is 0 Å². The average molecular weight is 378 g/mol. The third-order valence-corrected chi connectivity index (χ3v) is 5.71. The molecule has 1 aliphatic heterocycles. The number of hydrogen-bond donors (Lipinski definition) is 3. The van der Waals surface area contributed by atoms with Crippen molar-refractivity contribution in [3.63, 3.8) is 0 Å². The molecule has 6 heteroatoms. The Morgan fingerprint density at radius 2 is 1.96 bits per heavy atom. The molecule has 1 atom stereocenters. The van der Waals surface area contributed by atoms with Crippen LogP contribution in [0.2, 0.25) is 5.02 Å². The van der Waals surface area contributed by atoms with E-state index in [0.717, 1.165) is 51.6 Å². The van der Waals surface area contributed by atoms with Crippen LogP contribution in [0.25, 0.3) is 0 Å². The predicted molar refractivity (Wildman–Crippen MR) is 105 cm³/mol. The second kappa shape index (κ2) is 9.38. The smallest absolute Gasteiger partial charge is 0.253 e. The summed E-state index contributed by atoms with van der Waals surface area (Å²) in [7, 11) is 0. The van der Waals surface area contributed by atoms with Crippen molar-refractivity contribution in [1.82, 2.24) is 10.6 Å². The van der Waals surface area contributed by atoms with Crippen LogP contribution in [-0.4, -0.2) is 30.9 Å². The number of rotatable bonds is 6. The molecule has 0 aromatic heterocycles. The van der Waals surface area contributed by atoms with E-state index in [9.17, 15) is 9.59 Å². The highest BCUT2D eigenvalue weighted by molar-refractivity contribution is 6.34. The SMILES string of the molecule is O=C(CCC1CCNC1)Nc1ccc(Cl)c(C(=O)NC2CCCCC2)c1. The zero-order valence-electron chi connectivity index (χ0n) is 15.2. The van der Waals surface area contributed by atoms with Crippen molar-refractivity contribution < 1.29 is 9.59 Å². The van der Waals surface area contributed by atoms with E-state index in [2.05, 4.69) is 16.0 Å². The molecule has 1 unspecified atom stereocenters. The molecule has 0 radical (unpaired) electrons. The number of benzene rings is 1. The summed E-state index contributed by atoms with van der Waals surface area (Å²) in [6, 6.07) is 5.32. The van der Waals surface area contributed by atoms with Crippen molar-refractivity contribution in [3.8, 4) is 0 Å². The van der Waals surface area contributed by atoms with Crippen LogP contribution in [0.5, 0.6) is 0 Å². The number of carbonyl (C=O) groups excluding carboxylic acids is 2. The maximum atomic E-state index is 12.6. The van der Waals surface area contributed by atoms with Gasteiger partial charge in [-0.25, -0.2) is 0 Å². The maximum absolute atomic E-state index is 12.6. The zero-order valence-corrected chi connectivity index (χ0v) is 15.9. The minimum atomic E-state index is -0.157. The summed E-state index contributed by atoms with van der Waals surface area (Å²) in [6.07, 6.45) is 8.13. The molecule has 2 aliphatic rings. The first kappa shape index (κ1) is 19.2. The molecule has 2 amide bonds. The first-order chi connectivity index (χ1) is 12.6. The van der Waals surface area contributed by atoms with Crippen molar-refractivity contribution in [2.24, 2.45) is 5.92 Å². The second-order valence-electron chi connectivity index (χ2n) is 7.45. The Balaban J connectivity index is 1.55. The van der Waals surface area contributed by atoms with Crippen LogP contribution >= 0.6 is 11.6 Å². The van der Waals surface area contributed by atoms with Gasteiger partial charge in [-0.05, 0) is 62.9 Å². The third kappa shape index (κ3) is 5.45. The number of amides is 2. The highest BCUT2D eigenvalue weighted by Crippen LogP contribution is 2.23. The summed E-state index contributed by atoms with van der Waals surface area (Å²) in [5.41, 5.74) is 1.05. The van der Waals surface area contributed by atoms with Gasteiger partial charge >= 0.3 is 0 Å². The highest BCUT2D eigenvalue weighted by atomic mass is 35.5. The molecule has 0 bridgehead atoms. The number of anilines is 1. The molecule has 1 aliphatic carbocycles. The summed E-state index contributed by atoms with van der Waals surface area (Å²) in [6.45, 7) is 2.04. The van der Waals surface area contributed by atoms with Crippen LogP contribution in [0.3, 0.4) is 0 Å². The summed E-state index contributed by atoms with van der Waals surface area (Å²) < 4.78 is 0. The molecule has 0 spiro atoms. The topological polar surface area (TPSA) is 70.2 Å². The van der Waals surface area contributed by atoms with E-state index >= 15 is 0 Å². The van der Waals surface area contributed by atoms with Gasteiger partial charge in [0.2, 0.25) is 5.91 Å².